The van der Waals surface area contributed by atoms with Crippen LogP contribution in [0.25, 0.3) is 11.0 Å². The highest BCUT2D eigenvalue weighted by Gasteiger charge is 2.46. The number of carbonyl (C=O) groups excluding carboxylic acids is 7. The summed E-state index contributed by atoms with van der Waals surface area (Å²) >= 11 is 0. The third-order valence-corrected chi connectivity index (χ3v) is 15.1. The predicted molar refractivity (Wildman–Crippen MR) is 278 cm³/mol. The number of hydrogen-bond donors (Lipinski definition) is 5. The first-order valence-corrected chi connectivity index (χ1v) is 25.9. The number of primary amides is 1. The summed E-state index contributed by atoms with van der Waals surface area (Å²) in [4.78, 5) is 109. The quantitative estimate of drug-likeness (QED) is 0.0813. The molecule has 1 aliphatic carbocycles. The number of imidazole rings is 1. The summed E-state index contributed by atoms with van der Waals surface area (Å²) in [5, 5.41) is 11.2. The van der Waals surface area contributed by atoms with Crippen LogP contribution in [-0.2, 0) is 66.2 Å². The molecule has 1 saturated carbocycles. The lowest BCUT2D eigenvalue weighted by Crippen LogP contribution is -2.57. The maximum Gasteiger partial charge on any atom is 0.408 e. The molecule has 4 aromatic carbocycles. The smallest absolute Gasteiger partial charge is 0.408 e. The van der Waals surface area contributed by atoms with E-state index in [1.54, 1.807) is 32.4 Å². The van der Waals surface area contributed by atoms with Crippen molar-refractivity contribution in [1.82, 2.24) is 30.4 Å². The van der Waals surface area contributed by atoms with Gasteiger partial charge in [0.25, 0.3) is 0 Å². The molecule has 2 unspecified atom stereocenters. The number of nitrogens with two attached hydrogens (primary N) is 1. The number of piperidine rings is 1. The van der Waals surface area contributed by atoms with Gasteiger partial charge in [-0.25, -0.2) is 9.59 Å². The number of carbonyl (C=O) groups is 7. The Morgan fingerprint density at radius 3 is 2.01 bits per heavy atom. The number of ether oxygens (including phenoxy) is 1. The summed E-state index contributed by atoms with van der Waals surface area (Å²) in [5.74, 6) is -2.15. The molecule has 4 aliphatic rings. The average Bonchev–Trinajstić information content (AvgIpc) is 3.83. The van der Waals surface area contributed by atoms with Crippen LogP contribution in [0.1, 0.15) is 124 Å². The molecule has 0 spiro atoms. The van der Waals surface area contributed by atoms with E-state index in [2.05, 4.69) is 33.4 Å². The molecule has 388 valence electrons. The highest BCUT2D eigenvalue weighted by molar-refractivity contribution is 6.08. The molecule has 9 rings (SSSR count). The van der Waals surface area contributed by atoms with E-state index in [4.69, 9.17) is 10.5 Å². The number of aromatic nitrogens is 2. The van der Waals surface area contributed by atoms with Gasteiger partial charge in [0.05, 0.1) is 22.8 Å². The molecule has 1 saturated heterocycles. The van der Waals surface area contributed by atoms with Gasteiger partial charge in [-0.05, 0) is 142 Å². The average molecular weight is 1010 g/mol. The van der Waals surface area contributed by atoms with Crippen molar-refractivity contribution in [3.8, 4) is 0 Å². The number of benzene rings is 4. The second-order valence-electron chi connectivity index (χ2n) is 21.6. The van der Waals surface area contributed by atoms with E-state index in [1.165, 1.54) is 9.47 Å². The predicted octanol–water partition coefficient (Wildman–Crippen LogP) is 5.66. The molecular weight excluding hydrogens is 941 g/mol. The van der Waals surface area contributed by atoms with Gasteiger partial charge in [0.1, 0.15) is 29.8 Å². The minimum atomic E-state index is -1.18. The Hall–Kier alpha value is -7.56. The molecule has 74 heavy (non-hydrogen) atoms. The second-order valence-corrected chi connectivity index (χ2v) is 21.6. The van der Waals surface area contributed by atoms with Crippen molar-refractivity contribution in [3.05, 3.63) is 135 Å². The van der Waals surface area contributed by atoms with Gasteiger partial charge in [0, 0.05) is 26.3 Å². The van der Waals surface area contributed by atoms with Crippen molar-refractivity contribution < 1.29 is 38.3 Å². The number of nitrogens with one attached hydrogen (secondary N) is 4. The summed E-state index contributed by atoms with van der Waals surface area (Å²) in [7, 11) is 1.71. The van der Waals surface area contributed by atoms with Crippen LogP contribution in [-0.4, -0.2) is 74.4 Å². The van der Waals surface area contributed by atoms with E-state index >= 15 is 0 Å². The van der Waals surface area contributed by atoms with E-state index in [1.807, 2.05) is 78.9 Å². The Balaban J connectivity index is 0.918. The van der Waals surface area contributed by atoms with Gasteiger partial charge in [-0.15, -0.1) is 0 Å². The SMILES string of the molecule is Cn1c(=O)n(C2CCC(=O)NC2=O)c2ccc(CC3CCC(Cc4cc5c6c(c4)C[C@@H](C(=O)NC(CCC(N)=O)C(=O)NC(c4ccccc4)c4ccccc4)N6C(=O)[C@@H](NC(=O)OC(C)(C)C)CC5)CC3)cc21. The number of anilines is 1. The van der Waals surface area contributed by atoms with E-state index in [0.717, 1.165) is 77.4 Å². The first-order valence-electron chi connectivity index (χ1n) is 25.9. The van der Waals surface area contributed by atoms with Gasteiger partial charge in [-0.3, -0.25) is 48.1 Å². The lowest BCUT2D eigenvalue weighted by atomic mass is 9.77. The molecular formula is C57H66N8O9. The first-order chi connectivity index (χ1) is 35.4. The van der Waals surface area contributed by atoms with Gasteiger partial charge < -0.3 is 26.4 Å². The molecule has 0 radical (unpaired) electrons. The topological polar surface area (TPSA) is 233 Å². The first kappa shape index (κ1) is 51.3. The summed E-state index contributed by atoms with van der Waals surface area (Å²) in [6.07, 6.45) is 6.06. The minimum absolute atomic E-state index is 0.0752. The zero-order chi connectivity index (χ0) is 52.4. The zero-order valence-electron chi connectivity index (χ0n) is 42.5. The molecule has 0 bridgehead atoms. The largest absolute Gasteiger partial charge is 0.444 e. The summed E-state index contributed by atoms with van der Waals surface area (Å²) in [6, 6.07) is 24.5. The van der Waals surface area contributed by atoms with Gasteiger partial charge in [0.15, 0.2) is 0 Å². The highest BCUT2D eigenvalue weighted by Crippen LogP contribution is 2.42. The number of nitrogens with zero attached hydrogens (tertiary/aromatic N) is 3. The fraction of sp³-hybridized carbons (Fsp3) is 0.439. The van der Waals surface area contributed by atoms with Crippen molar-refractivity contribution in [2.75, 3.05) is 4.90 Å². The maximum atomic E-state index is 14.8. The van der Waals surface area contributed by atoms with Crippen LogP contribution >= 0.6 is 0 Å². The van der Waals surface area contributed by atoms with Crippen molar-refractivity contribution in [3.63, 3.8) is 0 Å². The van der Waals surface area contributed by atoms with Crippen molar-refractivity contribution in [2.24, 2.45) is 24.6 Å². The minimum Gasteiger partial charge on any atom is -0.444 e. The fourth-order valence-electron chi connectivity index (χ4n) is 11.5. The molecule has 17 heteroatoms. The van der Waals surface area contributed by atoms with E-state index in [-0.39, 0.29) is 50.1 Å². The van der Waals surface area contributed by atoms with Crippen LogP contribution in [0.2, 0.25) is 0 Å². The van der Waals surface area contributed by atoms with Crippen LogP contribution in [0.3, 0.4) is 0 Å². The number of alkyl carbamates (subject to hydrolysis) is 1. The molecule has 6 N–H and O–H groups in total. The van der Waals surface area contributed by atoms with Crippen LogP contribution in [0.15, 0.2) is 95.8 Å². The number of fused-ring (bicyclic) bond motifs is 1. The van der Waals surface area contributed by atoms with Crippen molar-refractivity contribution in [1.29, 1.82) is 0 Å². The molecule has 5 aromatic rings. The van der Waals surface area contributed by atoms with Crippen LogP contribution in [0, 0.1) is 11.8 Å². The van der Waals surface area contributed by atoms with Crippen molar-refractivity contribution >= 4 is 58.3 Å². The number of hydrogen-bond acceptors (Lipinski definition) is 9. The molecule has 2 fully saturated rings. The van der Waals surface area contributed by atoms with E-state index < -0.39 is 71.4 Å². The Morgan fingerprint density at radius 2 is 1.39 bits per heavy atom. The van der Waals surface area contributed by atoms with Crippen molar-refractivity contribution in [2.45, 2.75) is 140 Å². The standard InChI is InChI=1S/C57H66N8O9/c1-57(2,3)74-55(72)60-42-21-20-39-29-36(28-34-17-15-33(16-18-34)27-35-19-23-43-45(31-35)63(4)56(73)64(43)44-24-26-48(67)61-52(44)69)30-40-32-46(65(50(39)40)54(42)71)53(70)59-41(22-25-47(58)66)51(68)62-49(37-11-7-5-8-12-37)38-13-9-6-10-14-38/h5-14,19,23,29-31,33-34,41-42,44,46,49H,15-18,20-22,24-28,32H2,1-4H3,(H2,58,66)(H,59,70)(H,60,72)(H,62,68)(H,61,67,69)/t33?,34?,41?,42-,44?,46-/m0/s1. The number of amides is 7. The zero-order valence-corrected chi connectivity index (χ0v) is 42.5. The summed E-state index contributed by atoms with van der Waals surface area (Å²) < 4.78 is 8.64. The molecule has 4 heterocycles. The lowest BCUT2D eigenvalue weighted by molar-refractivity contribution is -0.136. The molecule has 7 amide bonds. The Bertz CT molecular complexity index is 3000. The monoisotopic (exact) mass is 1010 g/mol. The Kier molecular flexibility index (Phi) is 14.9. The highest BCUT2D eigenvalue weighted by atomic mass is 16.6. The normalized spacial score (nSPS) is 21.1. The molecule has 4 atom stereocenters. The van der Waals surface area contributed by atoms with Crippen LogP contribution in [0.4, 0.5) is 10.5 Å². The second kappa shape index (κ2) is 21.5. The summed E-state index contributed by atoms with van der Waals surface area (Å²) in [5.41, 5.74) is 12.1. The molecule has 3 aliphatic heterocycles. The number of rotatable bonds is 15. The lowest BCUT2D eigenvalue weighted by Gasteiger charge is -2.30. The maximum absolute atomic E-state index is 14.8. The Labute approximate surface area is 429 Å². The number of imide groups is 1. The van der Waals surface area contributed by atoms with Gasteiger partial charge >= 0.3 is 11.8 Å². The van der Waals surface area contributed by atoms with E-state index in [9.17, 15) is 38.4 Å². The summed E-state index contributed by atoms with van der Waals surface area (Å²) in [6.45, 7) is 5.22. The van der Waals surface area contributed by atoms with Gasteiger partial charge in [-0.2, -0.15) is 0 Å². The number of aryl methyl sites for hydroxylation is 2. The van der Waals surface area contributed by atoms with Crippen LogP contribution in [0.5, 0.6) is 0 Å². The third kappa shape index (κ3) is 11.3. The molecule has 17 nitrogen and oxygen atoms in total. The molecule has 1 aromatic heterocycles. The fourth-order valence-corrected chi connectivity index (χ4v) is 11.5. The van der Waals surface area contributed by atoms with Gasteiger partial charge in [0.2, 0.25) is 35.4 Å². The van der Waals surface area contributed by atoms with E-state index in [0.29, 0.717) is 29.5 Å². The van der Waals surface area contributed by atoms with Crippen LogP contribution < -0.4 is 37.6 Å². The third-order valence-electron chi connectivity index (χ3n) is 15.1. The van der Waals surface area contributed by atoms with Gasteiger partial charge in [-0.1, -0.05) is 78.9 Å². The Morgan fingerprint density at radius 1 is 0.757 bits per heavy atom.